The third kappa shape index (κ3) is 5.80. The Morgan fingerprint density at radius 2 is 1.88 bits per heavy atom. The number of methoxy groups -OCH3 is 1. The molecule has 0 aromatic heterocycles. The second-order valence-corrected chi connectivity index (χ2v) is 7.92. The summed E-state index contributed by atoms with van der Waals surface area (Å²) >= 11 is 6.53. The third-order valence-corrected chi connectivity index (χ3v) is 5.32. The van der Waals surface area contributed by atoms with E-state index in [0.717, 1.165) is 4.90 Å². The molecule has 1 aliphatic heterocycles. The van der Waals surface area contributed by atoms with Gasteiger partial charge in [0, 0.05) is 10.7 Å². The molecular weight excluding hydrogens is 458 g/mol. The van der Waals surface area contributed by atoms with Gasteiger partial charge in [-0.2, -0.15) is 0 Å². The number of amides is 4. The molecule has 3 rings (SSSR count). The topological polar surface area (TPSA) is 128 Å². The van der Waals surface area contributed by atoms with Crippen LogP contribution in [0.15, 0.2) is 47.4 Å². The van der Waals surface area contributed by atoms with Gasteiger partial charge in [-0.05, 0) is 59.8 Å². The van der Waals surface area contributed by atoms with Crippen molar-refractivity contribution >= 4 is 58.1 Å². The Labute approximate surface area is 192 Å². The Hall–Kier alpha value is -3.50. The third-order valence-electron chi connectivity index (χ3n) is 4.16. The van der Waals surface area contributed by atoms with Gasteiger partial charge in [0.2, 0.25) is 5.91 Å². The first-order valence-electron chi connectivity index (χ1n) is 9.16. The molecule has 0 spiro atoms. The molecule has 2 aromatic rings. The molecular formula is C21H18ClN3O6S. The van der Waals surface area contributed by atoms with E-state index in [2.05, 4.69) is 5.32 Å². The highest BCUT2D eigenvalue weighted by molar-refractivity contribution is 8.18. The van der Waals surface area contributed by atoms with E-state index in [4.69, 9.17) is 26.8 Å². The number of nitrogens with zero attached hydrogens (tertiary/aromatic N) is 1. The Morgan fingerprint density at radius 1 is 1.16 bits per heavy atom. The van der Waals surface area contributed by atoms with Crippen molar-refractivity contribution in [1.82, 2.24) is 4.90 Å². The molecule has 32 heavy (non-hydrogen) atoms. The van der Waals surface area contributed by atoms with Crippen LogP contribution in [0.4, 0.5) is 10.5 Å². The zero-order chi connectivity index (χ0) is 23.3. The summed E-state index contributed by atoms with van der Waals surface area (Å²) in [4.78, 5) is 48.3. The van der Waals surface area contributed by atoms with Gasteiger partial charge in [0.1, 0.15) is 6.54 Å². The molecule has 1 fully saturated rings. The lowest BCUT2D eigenvalue weighted by atomic mass is 10.2. The van der Waals surface area contributed by atoms with Crippen LogP contribution in [0.3, 0.4) is 0 Å². The summed E-state index contributed by atoms with van der Waals surface area (Å²) in [6, 6.07) is 11.4. The van der Waals surface area contributed by atoms with Crippen LogP contribution in [0.5, 0.6) is 11.5 Å². The van der Waals surface area contributed by atoms with Crippen LogP contribution in [0.1, 0.15) is 5.56 Å². The SMILES string of the molecule is COc1cc(/C=C2\SC(=O)N(CC(N)=O)C2=O)ccc1OCC(=O)Nc1ccc(Cl)cc1. The van der Waals surface area contributed by atoms with Crippen molar-refractivity contribution < 1.29 is 28.7 Å². The Kier molecular flexibility index (Phi) is 7.39. The van der Waals surface area contributed by atoms with E-state index < -0.39 is 23.6 Å². The van der Waals surface area contributed by atoms with Gasteiger partial charge < -0.3 is 20.5 Å². The quantitative estimate of drug-likeness (QED) is 0.562. The molecule has 0 saturated carbocycles. The lowest BCUT2D eigenvalue weighted by Crippen LogP contribution is -2.36. The number of thioether (sulfide) groups is 1. The number of hydrogen-bond acceptors (Lipinski definition) is 7. The Bertz CT molecular complexity index is 1100. The molecule has 4 amide bonds. The number of carbonyl (C=O) groups is 4. The summed E-state index contributed by atoms with van der Waals surface area (Å²) in [5.41, 5.74) is 6.21. The van der Waals surface area contributed by atoms with Crippen LogP contribution in [-0.2, 0) is 14.4 Å². The molecule has 0 bridgehead atoms. The van der Waals surface area contributed by atoms with Crippen LogP contribution in [0.2, 0.25) is 5.02 Å². The zero-order valence-corrected chi connectivity index (χ0v) is 18.4. The molecule has 3 N–H and O–H groups in total. The molecule has 0 unspecified atom stereocenters. The fourth-order valence-corrected chi connectivity index (χ4v) is 3.67. The minimum atomic E-state index is -0.781. The fourth-order valence-electron chi connectivity index (χ4n) is 2.71. The summed E-state index contributed by atoms with van der Waals surface area (Å²) < 4.78 is 10.8. The van der Waals surface area contributed by atoms with Gasteiger partial charge in [-0.3, -0.25) is 24.1 Å². The highest BCUT2D eigenvalue weighted by Crippen LogP contribution is 2.34. The van der Waals surface area contributed by atoms with E-state index in [1.807, 2.05) is 0 Å². The molecule has 1 aliphatic rings. The van der Waals surface area contributed by atoms with Crippen molar-refractivity contribution in [2.24, 2.45) is 5.73 Å². The van der Waals surface area contributed by atoms with Crippen LogP contribution in [0.25, 0.3) is 6.08 Å². The van der Waals surface area contributed by atoms with E-state index in [1.54, 1.807) is 42.5 Å². The van der Waals surface area contributed by atoms with Gasteiger partial charge in [0.25, 0.3) is 17.1 Å². The average molecular weight is 476 g/mol. The Balaban J connectivity index is 1.67. The maximum atomic E-state index is 12.3. The predicted molar refractivity (Wildman–Crippen MR) is 120 cm³/mol. The molecule has 1 saturated heterocycles. The number of hydrogen-bond donors (Lipinski definition) is 2. The van der Waals surface area contributed by atoms with E-state index in [1.165, 1.54) is 13.2 Å². The highest BCUT2D eigenvalue weighted by atomic mass is 35.5. The van der Waals surface area contributed by atoms with Gasteiger partial charge in [-0.25, -0.2) is 0 Å². The number of nitrogens with two attached hydrogens (primary N) is 1. The maximum Gasteiger partial charge on any atom is 0.294 e. The van der Waals surface area contributed by atoms with Crippen molar-refractivity contribution in [2.75, 3.05) is 25.6 Å². The second-order valence-electron chi connectivity index (χ2n) is 6.49. The standard InChI is InChI=1S/C21H18ClN3O6S/c1-30-16-8-12(9-17-20(28)25(10-18(23)26)21(29)32-17)2-7-15(16)31-11-19(27)24-14-5-3-13(22)4-6-14/h2-9H,10-11H2,1H3,(H2,23,26)(H,24,27)/b17-9-. The minimum Gasteiger partial charge on any atom is -0.493 e. The van der Waals surface area contributed by atoms with Crippen molar-refractivity contribution in [3.05, 3.63) is 58.0 Å². The van der Waals surface area contributed by atoms with Gasteiger partial charge in [0.15, 0.2) is 18.1 Å². The molecule has 0 aliphatic carbocycles. The largest absolute Gasteiger partial charge is 0.493 e. The summed E-state index contributed by atoms with van der Waals surface area (Å²) in [7, 11) is 1.43. The number of rotatable bonds is 8. The average Bonchev–Trinajstić information content (AvgIpc) is 3.01. The first-order valence-corrected chi connectivity index (χ1v) is 10.4. The highest BCUT2D eigenvalue weighted by Gasteiger charge is 2.35. The van der Waals surface area contributed by atoms with E-state index in [-0.39, 0.29) is 17.4 Å². The predicted octanol–water partition coefficient (Wildman–Crippen LogP) is 2.89. The molecule has 1 heterocycles. The van der Waals surface area contributed by atoms with Gasteiger partial charge in [0.05, 0.1) is 12.0 Å². The van der Waals surface area contributed by atoms with Gasteiger partial charge >= 0.3 is 0 Å². The number of nitrogens with one attached hydrogen (secondary N) is 1. The number of anilines is 1. The molecule has 166 valence electrons. The molecule has 11 heteroatoms. The zero-order valence-electron chi connectivity index (χ0n) is 16.8. The van der Waals surface area contributed by atoms with Gasteiger partial charge in [-0.1, -0.05) is 17.7 Å². The van der Waals surface area contributed by atoms with E-state index >= 15 is 0 Å². The number of halogens is 1. The normalized spacial score (nSPS) is 14.6. The first-order chi connectivity index (χ1) is 15.3. The molecule has 2 aromatic carbocycles. The Morgan fingerprint density at radius 3 is 2.53 bits per heavy atom. The first kappa shape index (κ1) is 23.2. The molecule has 0 radical (unpaired) electrons. The van der Waals surface area contributed by atoms with Crippen LogP contribution >= 0.6 is 23.4 Å². The van der Waals surface area contributed by atoms with E-state index in [0.29, 0.717) is 39.5 Å². The van der Waals surface area contributed by atoms with Crippen molar-refractivity contribution in [1.29, 1.82) is 0 Å². The monoisotopic (exact) mass is 475 g/mol. The smallest absolute Gasteiger partial charge is 0.294 e. The van der Waals surface area contributed by atoms with Crippen molar-refractivity contribution in [3.63, 3.8) is 0 Å². The van der Waals surface area contributed by atoms with Crippen molar-refractivity contribution in [2.45, 2.75) is 0 Å². The van der Waals surface area contributed by atoms with Crippen LogP contribution in [-0.4, -0.2) is 48.1 Å². The lowest BCUT2D eigenvalue weighted by Gasteiger charge is -2.12. The number of benzene rings is 2. The minimum absolute atomic E-state index is 0.148. The number of carbonyl (C=O) groups excluding carboxylic acids is 4. The summed E-state index contributed by atoms with van der Waals surface area (Å²) in [5, 5.41) is 2.67. The second kappa shape index (κ2) is 10.2. The number of primary amides is 1. The van der Waals surface area contributed by atoms with E-state index in [9.17, 15) is 19.2 Å². The van der Waals surface area contributed by atoms with Crippen molar-refractivity contribution in [3.8, 4) is 11.5 Å². The van der Waals surface area contributed by atoms with Gasteiger partial charge in [-0.15, -0.1) is 0 Å². The molecule has 0 atom stereocenters. The van der Waals surface area contributed by atoms with Crippen LogP contribution < -0.4 is 20.5 Å². The fraction of sp³-hybridized carbons (Fsp3) is 0.143. The number of imide groups is 1. The maximum absolute atomic E-state index is 12.3. The van der Waals surface area contributed by atoms with Crippen LogP contribution in [0, 0.1) is 0 Å². The number of ether oxygens (including phenoxy) is 2. The summed E-state index contributed by atoms with van der Waals surface area (Å²) in [6.45, 7) is -0.736. The summed E-state index contributed by atoms with van der Waals surface area (Å²) in [6.07, 6.45) is 1.49. The summed E-state index contributed by atoms with van der Waals surface area (Å²) in [5.74, 6) is -1.11. The lowest BCUT2D eigenvalue weighted by molar-refractivity contribution is -0.127. The molecule has 9 nitrogen and oxygen atoms in total.